The Morgan fingerprint density at radius 1 is 1.60 bits per heavy atom. The molecule has 1 rings (SSSR count). The van der Waals surface area contributed by atoms with Gasteiger partial charge in [-0.05, 0) is 37.9 Å². The molecule has 0 aliphatic rings. The number of aliphatic hydroxyl groups excluding tert-OH is 1. The van der Waals surface area contributed by atoms with Gasteiger partial charge in [0.25, 0.3) is 0 Å². The van der Waals surface area contributed by atoms with Crippen LogP contribution in [0.3, 0.4) is 0 Å². The van der Waals surface area contributed by atoms with Gasteiger partial charge in [0, 0.05) is 5.56 Å². The number of rotatable bonds is 5. The van der Waals surface area contributed by atoms with Crippen molar-refractivity contribution in [3.05, 3.63) is 19.2 Å². The van der Waals surface area contributed by atoms with Gasteiger partial charge >= 0.3 is 5.97 Å². The molecule has 15 heavy (non-hydrogen) atoms. The average molecular weight is 360 g/mol. The van der Waals surface area contributed by atoms with Gasteiger partial charge in [-0.1, -0.05) is 0 Å². The summed E-state index contributed by atoms with van der Waals surface area (Å²) in [5, 5.41) is 18.0. The molecule has 0 radical (unpaired) electrons. The molecule has 1 unspecified atom stereocenters. The van der Waals surface area contributed by atoms with Gasteiger partial charge < -0.3 is 14.9 Å². The number of halogens is 2. The fraction of sp³-hybridized carbons (Fsp3) is 0.375. The van der Waals surface area contributed by atoms with Gasteiger partial charge in [0.1, 0.15) is 12.7 Å². The first-order valence-corrected chi connectivity index (χ1v) is 6.33. The van der Waals surface area contributed by atoms with Crippen molar-refractivity contribution in [3.63, 3.8) is 0 Å². The quantitative estimate of drug-likeness (QED) is 0.847. The van der Waals surface area contributed by atoms with Crippen molar-refractivity contribution in [1.29, 1.82) is 0 Å². The van der Waals surface area contributed by atoms with Crippen molar-refractivity contribution >= 4 is 49.2 Å². The van der Waals surface area contributed by atoms with E-state index in [4.69, 9.17) is 9.84 Å². The minimum Gasteiger partial charge on any atom is -0.480 e. The fourth-order valence-corrected chi connectivity index (χ4v) is 3.88. The molecular weight excluding hydrogens is 352 g/mol. The second-order valence-electron chi connectivity index (χ2n) is 2.70. The first kappa shape index (κ1) is 13.1. The van der Waals surface area contributed by atoms with E-state index in [0.29, 0.717) is 5.56 Å². The molecule has 0 saturated carbocycles. The average Bonchev–Trinajstić information content (AvgIpc) is 2.44. The highest BCUT2D eigenvalue weighted by Crippen LogP contribution is 2.35. The highest BCUT2D eigenvalue weighted by molar-refractivity contribution is 9.12. The van der Waals surface area contributed by atoms with Crippen molar-refractivity contribution in [1.82, 2.24) is 0 Å². The Labute approximate surface area is 107 Å². The third-order valence-electron chi connectivity index (χ3n) is 1.54. The van der Waals surface area contributed by atoms with E-state index in [1.165, 1.54) is 11.3 Å². The Morgan fingerprint density at radius 3 is 2.73 bits per heavy atom. The predicted molar refractivity (Wildman–Crippen MR) is 63.1 cm³/mol. The molecule has 1 aromatic heterocycles. The van der Waals surface area contributed by atoms with Crippen molar-refractivity contribution in [3.8, 4) is 0 Å². The Bertz CT molecular complexity index is 352. The van der Waals surface area contributed by atoms with E-state index in [0.717, 1.165) is 7.57 Å². The van der Waals surface area contributed by atoms with Gasteiger partial charge in [-0.25, -0.2) is 4.79 Å². The SMILES string of the molecule is O=C(O)COCC(O)c1cc(Br)sc1Br. The number of ether oxygens (including phenoxy) is 1. The first-order chi connectivity index (χ1) is 7.00. The summed E-state index contributed by atoms with van der Waals surface area (Å²) in [6.45, 7) is -0.436. The molecule has 0 aromatic carbocycles. The third-order valence-corrected chi connectivity index (χ3v) is 3.93. The van der Waals surface area contributed by atoms with Crippen LogP contribution in [0.4, 0.5) is 0 Å². The smallest absolute Gasteiger partial charge is 0.329 e. The number of aliphatic hydroxyl groups is 1. The van der Waals surface area contributed by atoms with Gasteiger partial charge in [0.15, 0.2) is 0 Å². The van der Waals surface area contributed by atoms with Crippen molar-refractivity contribution in [2.24, 2.45) is 0 Å². The van der Waals surface area contributed by atoms with Crippen molar-refractivity contribution in [2.45, 2.75) is 6.10 Å². The summed E-state index contributed by atoms with van der Waals surface area (Å²) in [6.07, 6.45) is -0.818. The summed E-state index contributed by atoms with van der Waals surface area (Å²) < 4.78 is 6.49. The van der Waals surface area contributed by atoms with E-state index in [-0.39, 0.29) is 6.61 Å². The lowest BCUT2D eigenvalue weighted by atomic mass is 10.2. The summed E-state index contributed by atoms with van der Waals surface area (Å²) in [5.74, 6) is -1.05. The Morgan fingerprint density at radius 2 is 2.27 bits per heavy atom. The molecule has 1 heterocycles. The largest absolute Gasteiger partial charge is 0.480 e. The zero-order valence-electron chi connectivity index (χ0n) is 7.44. The molecule has 0 saturated heterocycles. The molecule has 2 N–H and O–H groups in total. The molecule has 1 atom stereocenters. The lowest BCUT2D eigenvalue weighted by Crippen LogP contribution is -2.12. The van der Waals surface area contributed by atoms with E-state index in [9.17, 15) is 9.90 Å². The minimum absolute atomic E-state index is 0.0337. The maximum atomic E-state index is 10.2. The Balaban J connectivity index is 2.50. The lowest BCUT2D eigenvalue weighted by Gasteiger charge is -2.08. The monoisotopic (exact) mass is 358 g/mol. The number of hydrogen-bond donors (Lipinski definition) is 2. The number of carbonyl (C=O) groups is 1. The molecule has 1 aromatic rings. The number of thiophene rings is 1. The molecule has 0 aliphatic carbocycles. The molecule has 0 fully saturated rings. The second-order valence-corrected chi connectivity index (χ2v) is 6.45. The van der Waals surface area contributed by atoms with E-state index in [2.05, 4.69) is 31.9 Å². The van der Waals surface area contributed by atoms with Crippen LogP contribution in [-0.2, 0) is 9.53 Å². The summed E-state index contributed by atoms with van der Waals surface area (Å²) in [7, 11) is 0. The van der Waals surface area contributed by atoms with Gasteiger partial charge in [-0.3, -0.25) is 0 Å². The first-order valence-electron chi connectivity index (χ1n) is 3.93. The van der Waals surface area contributed by atoms with E-state index < -0.39 is 18.7 Å². The second kappa shape index (κ2) is 5.95. The van der Waals surface area contributed by atoms with Gasteiger partial charge in [-0.2, -0.15) is 0 Å². The molecular formula is C8H8Br2O4S. The zero-order chi connectivity index (χ0) is 11.4. The van der Waals surface area contributed by atoms with Crippen LogP contribution in [0.2, 0.25) is 0 Å². The van der Waals surface area contributed by atoms with Crippen LogP contribution in [0, 0.1) is 0 Å². The van der Waals surface area contributed by atoms with Crippen LogP contribution < -0.4 is 0 Å². The molecule has 7 heteroatoms. The molecule has 0 spiro atoms. The zero-order valence-corrected chi connectivity index (χ0v) is 11.4. The summed E-state index contributed by atoms with van der Waals surface area (Å²) in [5.41, 5.74) is 0.692. The normalized spacial score (nSPS) is 12.7. The van der Waals surface area contributed by atoms with Gasteiger partial charge in [0.05, 0.1) is 14.2 Å². The standard InChI is InChI=1S/C8H8Br2O4S/c9-6-1-4(8(10)15-6)5(11)2-14-3-7(12)13/h1,5,11H,2-3H2,(H,12,13). The van der Waals surface area contributed by atoms with Crippen LogP contribution >= 0.6 is 43.2 Å². The number of aliphatic carboxylic acids is 1. The molecule has 84 valence electrons. The predicted octanol–water partition coefficient (Wildman–Crippen LogP) is 2.41. The van der Waals surface area contributed by atoms with E-state index in [1.54, 1.807) is 6.07 Å². The number of hydrogen-bond acceptors (Lipinski definition) is 4. The fourth-order valence-electron chi connectivity index (χ4n) is 0.928. The van der Waals surface area contributed by atoms with Crippen LogP contribution in [0.5, 0.6) is 0 Å². The van der Waals surface area contributed by atoms with Crippen molar-refractivity contribution < 1.29 is 19.7 Å². The molecule has 0 amide bonds. The molecule has 4 nitrogen and oxygen atoms in total. The van der Waals surface area contributed by atoms with Gasteiger partial charge in [-0.15, -0.1) is 11.3 Å². The summed E-state index contributed by atoms with van der Waals surface area (Å²) >= 11 is 8.02. The van der Waals surface area contributed by atoms with Gasteiger partial charge in [0.2, 0.25) is 0 Å². The van der Waals surface area contributed by atoms with Crippen LogP contribution in [-0.4, -0.2) is 29.4 Å². The minimum atomic E-state index is -1.05. The number of carboxylic acid groups (broad SMARTS) is 1. The molecule has 0 aliphatic heterocycles. The highest BCUT2D eigenvalue weighted by Gasteiger charge is 2.15. The number of carboxylic acids is 1. The van der Waals surface area contributed by atoms with Crippen LogP contribution in [0.25, 0.3) is 0 Å². The topological polar surface area (TPSA) is 66.8 Å². The highest BCUT2D eigenvalue weighted by atomic mass is 79.9. The van der Waals surface area contributed by atoms with Crippen molar-refractivity contribution in [2.75, 3.05) is 13.2 Å². The van der Waals surface area contributed by atoms with E-state index >= 15 is 0 Å². The Kier molecular flexibility index (Phi) is 5.20. The lowest BCUT2D eigenvalue weighted by molar-refractivity contribution is -0.143. The maximum absolute atomic E-state index is 10.2. The maximum Gasteiger partial charge on any atom is 0.329 e. The van der Waals surface area contributed by atoms with Crippen LogP contribution in [0.15, 0.2) is 13.6 Å². The van der Waals surface area contributed by atoms with Crippen LogP contribution in [0.1, 0.15) is 11.7 Å². The Hall–Kier alpha value is 0.0500. The summed E-state index contributed by atoms with van der Waals surface area (Å²) in [6, 6.07) is 1.77. The summed E-state index contributed by atoms with van der Waals surface area (Å²) in [4.78, 5) is 10.2. The molecule has 0 bridgehead atoms. The third kappa shape index (κ3) is 4.20. The van der Waals surface area contributed by atoms with E-state index in [1.807, 2.05) is 0 Å².